The quantitative estimate of drug-likeness (QED) is 0.366. The van der Waals surface area contributed by atoms with Crippen LogP contribution in [0.2, 0.25) is 0 Å². The minimum Gasteiger partial charge on any atom is -0.356 e. The predicted molar refractivity (Wildman–Crippen MR) is 117 cm³/mol. The van der Waals surface area contributed by atoms with E-state index in [1.54, 1.807) is 7.05 Å². The zero-order valence-corrected chi connectivity index (χ0v) is 18.6. The second kappa shape index (κ2) is 11.2. The van der Waals surface area contributed by atoms with E-state index >= 15 is 0 Å². The molecule has 1 heterocycles. The smallest absolute Gasteiger partial charge is 0.257 e. The predicted octanol–water partition coefficient (Wildman–Crippen LogP) is 3.67. The minimum atomic E-state index is 0. The van der Waals surface area contributed by atoms with E-state index < -0.39 is 0 Å². The third-order valence-corrected chi connectivity index (χ3v) is 4.28. The summed E-state index contributed by atoms with van der Waals surface area (Å²) in [6.45, 7) is 9.39. The van der Waals surface area contributed by atoms with Gasteiger partial charge in [-0.15, -0.1) is 24.0 Å². The lowest BCUT2D eigenvalue weighted by atomic mass is 10.1. The summed E-state index contributed by atoms with van der Waals surface area (Å²) < 4.78 is 5.27. The topological polar surface area (TPSA) is 75.3 Å². The molecular formula is C19H30IN5O. The van der Waals surface area contributed by atoms with E-state index in [0.29, 0.717) is 17.9 Å². The molecule has 1 aromatic heterocycles. The maximum Gasteiger partial charge on any atom is 0.257 e. The van der Waals surface area contributed by atoms with E-state index in [-0.39, 0.29) is 24.0 Å². The van der Waals surface area contributed by atoms with Crippen LogP contribution < -0.4 is 10.6 Å². The fraction of sp³-hybridized carbons (Fsp3) is 0.526. The lowest BCUT2D eigenvalue weighted by Crippen LogP contribution is -2.44. The van der Waals surface area contributed by atoms with Gasteiger partial charge in [0.25, 0.3) is 5.89 Å². The molecule has 0 amide bonds. The van der Waals surface area contributed by atoms with Gasteiger partial charge in [-0.05, 0) is 37.0 Å². The number of hydrogen-bond acceptors (Lipinski definition) is 4. The van der Waals surface area contributed by atoms with Crippen LogP contribution in [0.5, 0.6) is 0 Å². The Morgan fingerprint density at radius 3 is 2.42 bits per heavy atom. The molecule has 26 heavy (non-hydrogen) atoms. The number of benzene rings is 1. The first-order valence-electron chi connectivity index (χ1n) is 8.92. The monoisotopic (exact) mass is 471 g/mol. The van der Waals surface area contributed by atoms with Crippen molar-refractivity contribution in [2.45, 2.75) is 46.6 Å². The molecule has 1 aromatic carbocycles. The third kappa shape index (κ3) is 6.59. The molecule has 0 aliphatic carbocycles. The highest BCUT2D eigenvalue weighted by Gasteiger charge is 2.09. The van der Waals surface area contributed by atoms with Crippen molar-refractivity contribution in [3.05, 3.63) is 35.7 Å². The van der Waals surface area contributed by atoms with Crippen LogP contribution in [-0.4, -0.2) is 35.7 Å². The van der Waals surface area contributed by atoms with E-state index in [9.17, 15) is 0 Å². The van der Waals surface area contributed by atoms with Crippen LogP contribution in [0.15, 0.2) is 33.8 Å². The number of hydrogen-bond donors (Lipinski definition) is 2. The number of aromatic nitrogens is 2. The Balaban J connectivity index is 0.00000338. The molecule has 0 saturated heterocycles. The van der Waals surface area contributed by atoms with Crippen LogP contribution in [0.3, 0.4) is 0 Å². The van der Waals surface area contributed by atoms with Crippen LogP contribution in [0.1, 0.15) is 39.1 Å². The highest BCUT2D eigenvalue weighted by atomic mass is 127. The molecule has 6 nitrogen and oxygen atoms in total. The van der Waals surface area contributed by atoms with E-state index in [0.717, 1.165) is 36.7 Å². The lowest BCUT2D eigenvalue weighted by molar-refractivity contribution is 0.423. The number of nitrogens with zero attached hydrogens (tertiary/aromatic N) is 3. The first-order valence-corrected chi connectivity index (χ1v) is 8.92. The highest BCUT2D eigenvalue weighted by molar-refractivity contribution is 14.0. The van der Waals surface area contributed by atoms with Crippen molar-refractivity contribution in [3.8, 4) is 11.5 Å². The van der Waals surface area contributed by atoms with Gasteiger partial charge in [0.2, 0.25) is 0 Å². The SMILES string of the molecule is CCc1noc(-c2ccc(CCNC(=NC)NC(C)C(C)C)cc2)n1.I. The van der Waals surface area contributed by atoms with Gasteiger partial charge < -0.3 is 15.2 Å². The van der Waals surface area contributed by atoms with Gasteiger partial charge in [0.1, 0.15) is 0 Å². The standard InChI is InChI=1S/C19H29N5O.HI/c1-6-17-23-18(25-24-17)16-9-7-15(8-10-16)11-12-21-19(20-5)22-14(4)13(2)3;/h7-10,13-14H,6,11-12H2,1-5H3,(H2,20,21,22);1H. The summed E-state index contributed by atoms with van der Waals surface area (Å²) in [7, 11) is 1.80. The molecule has 1 unspecified atom stereocenters. The molecule has 7 heteroatoms. The number of aryl methyl sites for hydroxylation is 1. The molecule has 2 N–H and O–H groups in total. The summed E-state index contributed by atoms with van der Waals surface area (Å²) in [4.78, 5) is 8.63. The van der Waals surface area contributed by atoms with Gasteiger partial charge in [0.05, 0.1) is 0 Å². The summed E-state index contributed by atoms with van der Waals surface area (Å²) in [5, 5.41) is 10.7. The Kier molecular flexibility index (Phi) is 9.61. The second-order valence-electron chi connectivity index (χ2n) is 6.49. The zero-order chi connectivity index (χ0) is 18.2. The number of nitrogens with one attached hydrogen (secondary N) is 2. The number of aliphatic imine (C=N–C) groups is 1. The van der Waals surface area contributed by atoms with Crippen LogP contribution in [0, 0.1) is 5.92 Å². The summed E-state index contributed by atoms with van der Waals surface area (Å²) in [5.74, 6) is 2.71. The molecule has 2 rings (SSSR count). The van der Waals surface area contributed by atoms with E-state index in [4.69, 9.17) is 4.52 Å². The molecule has 0 saturated carbocycles. The fourth-order valence-electron chi connectivity index (χ4n) is 2.23. The third-order valence-electron chi connectivity index (χ3n) is 4.28. The van der Waals surface area contributed by atoms with Crippen molar-refractivity contribution in [2.24, 2.45) is 10.9 Å². The Morgan fingerprint density at radius 2 is 1.88 bits per heavy atom. The number of rotatable bonds is 7. The van der Waals surface area contributed by atoms with E-state index in [2.05, 4.69) is 58.7 Å². The average Bonchev–Trinajstić information content (AvgIpc) is 3.10. The minimum absolute atomic E-state index is 0. The van der Waals surface area contributed by atoms with Crippen molar-refractivity contribution in [3.63, 3.8) is 0 Å². The molecule has 0 radical (unpaired) electrons. The van der Waals surface area contributed by atoms with Crippen LogP contribution >= 0.6 is 24.0 Å². The molecule has 144 valence electrons. The molecule has 0 fully saturated rings. The first-order chi connectivity index (χ1) is 12.0. The van der Waals surface area contributed by atoms with Gasteiger partial charge in [0, 0.05) is 31.6 Å². The van der Waals surface area contributed by atoms with Crippen molar-refractivity contribution in [1.82, 2.24) is 20.8 Å². The van der Waals surface area contributed by atoms with Crippen molar-refractivity contribution >= 4 is 29.9 Å². The van der Waals surface area contributed by atoms with Crippen molar-refractivity contribution < 1.29 is 4.52 Å². The maximum atomic E-state index is 5.27. The summed E-state index contributed by atoms with van der Waals surface area (Å²) in [6.07, 6.45) is 1.69. The fourth-order valence-corrected chi connectivity index (χ4v) is 2.23. The zero-order valence-electron chi connectivity index (χ0n) is 16.2. The maximum absolute atomic E-state index is 5.27. The molecule has 2 aromatic rings. The Labute approximate surface area is 173 Å². The van der Waals surface area contributed by atoms with Gasteiger partial charge in [-0.2, -0.15) is 4.98 Å². The van der Waals surface area contributed by atoms with Crippen LogP contribution in [0.4, 0.5) is 0 Å². The molecule has 0 bridgehead atoms. The molecular weight excluding hydrogens is 441 g/mol. The normalized spacial score (nSPS) is 12.6. The average molecular weight is 471 g/mol. The Bertz CT molecular complexity index is 681. The second-order valence-corrected chi connectivity index (χ2v) is 6.49. The first kappa shape index (κ1) is 22.4. The van der Waals surface area contributed by atoms with Gasteiger partial charge in [-0.25, -0.2) is 0 Å². The summed E-state index contributed by atoms with van der Waals surface area (Å²) >= 11 is 0. The Hall–Kier alpha value is -1.64. The highest BCUT2D eigenvalue weighted by Crippen LogP contribution is 2.18. The van der Waals surface area contributed by atoms with Crippen molar-refractivity contribution in [1.29, 1.82) is 0 Å². The van der Waals surface area contributed by atoms with Gasteiger partial charge in [-0.3, -0.25) is 4.99 Å². The summed E-state index contributed by atoms with van der Waals surface area (Å²) in [6, 6.07) is 8.62. The van der Waals surface area contributed by atoms with Crippen LogP contribution in [0.25, 0.3) is 11.5 Å². The molecule has 0 spiro atoms. The van der Waals surface area contributed by atoms with Gasteiger partial charge >= 0.3 is 0 Å². The molecule has 0 aliphatic rings. The molecule has 1 atom stereocenters. The van der Waals surface area contributed by atoms with Crippen LogP contribution in [-0.2, 0) is 12.8 Å². The summed E-state index contributed by atoms with van der Waals surface area (Å²) in [5.41, 5.74) is 2.20. The lowest BCUT2D eigenvalue weighted by Gasteiger charge is -2.20. The Morgan fingerprint density at radius 1 is 1.19 bits per heavy atom. The van der Waals surface area contributed by atoms with E-state index in [1.807, 2.05) is 19.1 Å². The van der Waals surface area contributed by atoms with Gasteiger partial charge in [0.15, 0.2) is 11.8 Å². The number of halogens is 1. The molecule has 0 aliphatic heterocycles. The van der Waals surface area contributed by atoms with Crippen molar-refractivity contribution in [2.75, 3.05) is 13.6 Å². The largest absolute Gasteiger partial charge is 0.356 e. The van der Waals surface area contributed by atoms with Gasteiger partial charge in [-0.1, -0.05) is 38.1 Å². The number of guanidine groups is 1. The van der Waals surface area contributed by atoms with E-state index in [1.165, 1.54) is 5.56 Å².